The first-order valence-electron chi connectivity index (χ1n) is 12.8. The number of likely N-dealkylation sites (tertiary alicyclic amines) is 1. The number of carbonyl (C=O) groups excluding carboxylic acids is 3. The minimum atomic E-state index is -1.16. The number of likely N-dealkylation sites (N-methyl/N-ethyl adjacent to an activating group) is 1. The fourth-order valence-electron chi connectivity index (χ4n) is 6.35. The number of halogens is 1. The summed E-state index contributed by atoms with van der Waals surface area (Å²) < 4.78 is 6.60. The Hall–Kier alpha value is -1.71. The Morgan fingerprint density at radius 2 is 1.86 bits per heavy atom. The maximum Gasteiger partial charge on any atom is 0.249 e. The van der Waals surface area contributed by atoms with Crippen molar-refractivity contribution in [3.8, 4) is 0 Å². The number of hydrogen-bond acceptors (Lipinski definition) is 5. The van der Waals surface area contributed by atoms with Crippen molar-refractivity contribution in [2.24, 2.45) is 17.8 Å². The molecular weight excluding hydrogens is 526 g/mol. The summed E-state index contributed by atoms with van der Waals surface area (Å²) in [5, 5.41) is 10.4. The second kappa shape index (κ2) is 10.6. The molecule has 9 heteroatoms. The summed E-state index contributed by atoms with van der Waals surface area (Å²) in [6.07, 6.45) is 3.76. The van der Waals surface area contributed by atoms with Gasteiger partial charge in [-0.15, -0.1) is 13.2 Å². The van der Waals surface area contributed by atoms with Crippen LogP contribution in [0.25, 0.3) is 0 Å². The number of alkyl halides is 1. The molecular formula is C27H42BrN3O5. The van der Waals surface area contributed by atoms with Crippen LogP contribution in [0.1, 0.15) is 47.5 Å². The summed E-state index contributed by atoms with van der Waals surface area (Å²) in [6.45, 7) is 17.8. The van der Waals surface area contributed by atoms with E-state index in [0.29, 0.717) is 25.9 Å². The average Bonchev–Trinajstić information content (AvgIpc) is 3.37. The number of aliphatic hydroxyl groups excluding tert-OH is 1. The largest absolute Gasteiger partial charge is 0.394 e. The van der Waals surface area contributed by atoms with E-state index in [2.05, 4.69) is 29.1 Å². The molecule has 2 bridgehead atoms. The predicted octanol–water partition coefficient (Wildman–Crippen LogP) is 2.60. The highest BCUT2D eigenvalue weighted by molar-refractivity contribution is 9.09. The van der Waals surface area contributed by atoms with E-state index in [4.69, 9.17) is 4.74 Å². The molecule has 3 aliphatic heterocycles. The molecule has 0 aliphatic carbocycles. The van der Waals surface area contributed by atoms with E-state index >= 15 is 0 Å². The summed E-state index contributed by atoms with van der Waals surface area (Å²) in [7, 11) is 1.69. The van der Waals surface area contributed by atoms with Crippen LogP contribution in [-0.2, 0) is 19.1 Å². The molecule has 8 nitrogen and oxygen atoms in total. The molecule has 3 fully saturated rings. The molecule has 3 aliphatic rings. The molecule has 202 valence electrons. The quantitative estimate of drug-likeness (QED) is 0.323. The van der Waals surface area contributed by atoms with Crippen LogP contribution in [0.5, 0.6) is 0 Å². The maximum absolute atomic E-state index is 14.4. The van der Waals surface area contributed by atoms with Gasteiger partial charge in [-0.25, -0.2) is 0 Å². The van der Waals surface area contributed by atoms with Gasteiger partial charge in [0.15, 0.2) is 0 Å². The van der Waals surface area contributed by atoms with Crippen LogP contribution < -0.4 is 0 Å². The highest BCUT2D eigenvalue weighted by Gasteiger charge is 2.77. The zero-order chi connectivity index (χ0) is 27.2. The Kier molecular flexibility index (Phi) is 8.48. The van der Waals surface area contributed by atoms with Crippen molar-refractivity contribution >= 4 is 33.7 Å². The second-order valence-electron chi connectivity index (χ2n) is 11.8. The van der Waals surface area contributed by atoms with Crippen molar-refractivity contribution < 1.29 is 24.2 Å². The highest BCUT2D eigenvalue weighted by atomic mass is 79.9. The Labute approximate surface area is 223 Å². The van der Waals surface area contributed by atoms with Gasteiger partial charge in [0.1, 0.15) is 11.6 Å². The van der Waals surface area contributed by atoms with Crippen molar-refractivity contribution in [1.29, 1.82) is 0 Å². The number of aliphatic hydroxyl groups is 1. The van der Waals surface area contributed by atoms with Gasteiger partial charge in [0, 0.05) is 30.5 Å². The van der Waals surface area contributed by atoms with E-state index < -0.39 is 41.2 Å². The smallest absolute Gasteiger partial charge is 0.249 e. The second-order valence-corrected chi connectivity index (χ2v) is 13.0. The topological polar surface area (TPSA) is 90.4 Å². The molecule has 0 aromatic rings. The molecule has 7 atom stereocenters. The first-order chi connectivity index (χ1) is 16.8. The molecule has 0 aromatic heterocycles. The Morgan fingerprint density at radius 1 is 1.25 bits per heavy atom. The Morgan fingerprint density at radius 3 is 2.36 bits per heavy atom. The predicted molar refractivity (Wildman–Crippen MR) is 142 cm³/mol. The van der Waals surface area contributed by atoms with Crippen LogP contribution in [0, 0.1) is 17.8 Å². The van der Waals surface area contributed by atoms with Crippen molar-refractivity contribution in [3.63, 3.8) is 0 Å². The van der Waals surface area contributed by atoms with Gasteiger partial charge >= 0.3 is 0 Å². The molecule has 0 radical (unpaired) electrons. The monoisotopic (exact) mass is 567 g/mol. The van der Waals surface area contributed by atoms with Crippen molar-refractivity contribution in [2.75, 3.05) is 26.7 Å². The molecule has 3 unspecified atom stereocenters. The number of fused-ring (bicyclic) bond motifs is 1. The highest BCUT2D eigenvalue weighted by Crippen LogP contribution is 2.61. The van der Waals surface area contributed by atoms with Gasteiger partial charge in [-0.3, -0.25) is 14.4 Å². The van der Waals surface area contributed by atoms with Crippen LogP contribution in [0.15, 0.2) is 25.3 Å². The SMILES string of the molecule is C=CCN(C)C(=O)[C@H]1[C@@H]2OC3(CC2Br)C(C(=O)N(CC=C)C(C)(C)C)N([C@@H](CO)CC(C)C)C(=O)[C@H]13. The van der Waals surface area contributed by atoms with Gasteiger partial charge in [-0.1, -0.05) is 41.9 Å². The van der Waals surface area contributed by atoms with Crippen LogP contribution in [0.4, 0.5) is 0 Å². The minimum absolute atomic E-state index is 0.178. The van der Waals surface area contributed by atoms with E-state index in [1.807, 2.05) is 34.6 Å². The number of carbonyl (C=O) groups is 3. The molecule has 3 amide bonds. The first kappa shape index (κ1) is 28.9. The van der Waals surface area contributed by atoms with Gasteiger partial charge < -0.3 is 24.5 Å². The van der Waals surface area contributed by atoms with E-state index in [-0.39, 0.29) is 35.1 Å². The fraction of sp³-hybridized carbons (Fsp3) is 0.741. The molecule has 36 heavy (non-hydrogen) atoms. The van der Waals surface area contributed by atoms with Crippen molar-refractivity contribution in [2.45, 2.75) is 81.6 Å². The van der Waals surface area contributed by atoms with Gasteiger partial charge in [0.2, 0.25) is 17.7 Å². The molecule has 3 saturated heterocycles. The lowest BCUT2D eigenvalue weighted by atomic mass is 9.70. The number of ether oxygens (including phenoxy) is 1. The van der Waals surface area contributed by atoms with E-state index in [1.54, 1.807) is 33.9 Å². The minimum Gasteiger partial charge on any atom is -0.394 e. The summed E-state index contributed by atoms with van der Waals surface area (Å²) in [6, 6.07) is -1.51. The summed E-state index contributed by atoms with van der Waals surface area (Å²) >= 11 is 3.71. The zero-order valence-corrected chi connectivity index (χ0v) is 24.0. The summed E-state index contributed by atoms with van der Waals surface area (Å²) in [5.74, 6) is -2.05. The molecule has 0 saturated carbocycles. The summed E-state index contributed by atoms with van der Waals surface area (Å²) in [5.41, 5.74) is -1.69. The molecule has 0 aromatic carbocycles. The van der Waals surface area contributed by atoms with Gasteiger partial charge in [0.25, 0.3) is 0 Å². The fourth-order valence-corrected chi connectivity index (χ4v) is 7.29. The maximum atomic E-state index is 14.4. The van der Waals surface area contributed by atoms with E-state index in [0.717, 1.165) is 0 Å². The third kappa shape index (κ3) is 4.67. The Bertz CT molecular complexity index is 902. The van der Waals surface area contributed by atoms with Crippen LogP contribution in [0.3, 0.4) is 0 Å². The van der Waals surface area contributed by atoms with Gasteiger partial charge in [-0.2, -0.15) is 0 Å². The third-order valence-corrected chi connectivity index (χ3v) is 8.61. The van der Waals surface area contributed by atoms with E-state index in [9.17, 15) is 19.5 Å². The third-order valence-electron chi connectivity index (χ3n) is 7.76. The summed E-state index contributed by atoms with van der Waals surface area (Å²) in [4.78, 5) is 46.9. The lowest BCUT2D eigenvalue weighted by molar-refractivity contribution is -0.155. The number of nitrogens with zero attached hydrogens (tertiary/aromatic N) is 3. The number of hydrogen-bond donors (Lipinski definition) is 1. The average molecular weight is 569 g/mol. The lowest BCUT2D eigenvalue weighted by Crippen LogP contribution is -2.62. The van der Waals surface area contributed by atoms with Gasteiger partial charge in [0.05, 0.1) is 30.6 Å². The molecule has 3 heterocycles. The van der Waals surface area contributed by atoms with Crippen LogP contribution in [-0.4, -0.2) is 98.4 Å². The van der Waals surface area contributed by atoms with Crippen molar-refractivity contribution in [3.05, 3.63) is 25.3 Å². The first-order valence-corrected chi connectivity index (χ1v) is 13.7. The van der Waals surface area contributed by atoms with Crippen molar-refractivity contribution in [1.82, 2.24) is 14.7 Å². The molecule has 1 N–H and O–H groups in total. The van der Waals surface area contributed by atoms with Gasteiger partial charge in [-0.05, 0) is 39.5 Å². The number of amides is 3. The van der Waals surface area contributed by atoms with E-state index in [1.165, 1.54) is 0 Å². The van der Waals surface area contributed by atoms with Crippen LogP contribution in [0.2, 0.25) is 0 Å². The normalized spacial score (nSPS) is 32.0. The number of rotatable bonds is 10. The van der Waals surface area contributed by atoms with Crippen LogP contribution >= 0.6 is 15.9 Å². The zero-order valence-electron chi connectivity index (χ0n) is 22.4. The molecule has 3 rings (SSSR count). The molecule has 1 spiro atoms. The Balaban J connectivity index is 2.17. The standard InChI is InChI=1S/C27H42BrN3O5/c1-9-11-29(8)23(33)19-20-24(34)31(17(15-32)13-16(3)4)22(27(20)14-18(28)21(19)36-27)25(35)30(12-10-2)26(5,6)7/h9-10,16-22,32H,1-2,11-15H2,3-8H3/t17-,18?,19-,20+,21-,22?,27?/m1/s1. The lowest BCUT2D eigenvalue weighted by Gasteiger charge is -2.43.